The molecule has 0 saturated heterocycles. The molecule has 0 radical (unpaired) electrons. The molecule has 1 N–H and O–H groups in total. The van der Waals surface area contributed by atoms with Crippen LogP contribution in [0.25, 0.3) is 11.0 Å². The number of aromatic carboxylic acids is 1. The van der Waals surface area contributed by atoms with Gasteiger partial charge >= 0.3 is 5.97 Å². The number of carboxylic acid groups (broad SMARTS) is 1. The molecule has 0 amide bonds. The molecular formula is C28H34O5. The van der Waals surface area contributed by atoms with Crippen molar-refractivity contribution in [3.8, 4) is 5.75 Å². The lowest BCUT2D eigenvalue weighted by atomic mass is 9.89. The highest BCUT2D eigenvalue weighted by Crippen LogP contribution is 2.31. The molecule has 0 bridgehead atoms. The van der Waals surface area contributed by atoms with E-state index in [-0.39, 0.29) is 18.0 Å². The second kappa shape index (κ2) is 10.2. The van der Waals surface area contributed by atoms with Gasteiger partial charge in [-0.05, 0) is 66.6 Å². The molecule has 33 heavy (non-hydrogen) atoms. The van der Waals surface area contributed by atoms with E-state index >= 15 is 0 Å². The zero-order valence-corrected chi connectivity index (χ0v) is 20.2. The fourth-order valence-electron chi connectivity index (χ4n) is 3.91. The van der Waals surface area contributed by atoms with Crippen LogP contribution in [0.3, 0.4) is 0 Å². The van der Waals surface area contributed by atoms with Gasteiger partial charge in [-0.25, -0.2) is 4.79 Å². The number of furan rings is 1. The van der Waals surface area contributed by atoms with Gasteiger partial charge in [-0.1, -0.05) is 46.8 Å². The molecule has 0 aliphatic carbocycles. The number of benzene rings is 2. The Morgan fingerprint density at radius 2 is 1.82 bits per heavy atom. The summed E-state index contributed by atoms with van der Waals surface area (Å²) in [5, 5.41) is 10.0. The molecule has 0 aliphatic rings. The Morgan fingerprint density at radius 1 is 1.06 bits per heavy atom. The van der Waals surface area contributed by atoms with Crippen molar-refractivity contribution in [1.82, 2.24) is 0 Å². The number of fused-ring (bicyclic) bond motifs is 1. The van der Waals surface area contributed by atoms with Gasteiger partial charge in [-0.3, -0.25) is 4.79 Å². The predicted octanol–water partition coefficient (Wildman–Crippen LogP) is 6.81. The van der Waals surface area contributed by atoms with E-state index in [1.54, 1.807) is 18.2 Å². The fraction of sp³-hybridized carbons (Fsp3) is 0.429. The van der Waals surface area contributed by atoms with Gasteiger partial charge in [0, 0.05) is 17.2 Å². The standard InChI is InChI=1S/C28H34O5/c1-6-18(8-11-23-16-22-15-21(27(30)31)10-13-25(22)33-23)20-9-12-24(19(7-2)14-20)32-17-26(29)28(3,4)5/h9-10,12-16,18H,6-8,11,17H2,1-5H3,(H,30,31). The molecule has 1 heterocycles. The van der Waals surface area contributed by atoms with Crippen LogP contribution in [0.1, 0.15) is 80.6 Å². The molecule has 0 fully saturated rings. The predicted molar refractivity (Wildman–Crippen MR) is 130 cm³/mol. The van der Waals surface area contributed by atoms with Crippen LogP contribution in [0, 0.1) is 5.41 Å². The topological polar surface area (TPSA) is 76.7 Å². The highest BCUT2D eigenvalue weighted by atomic mass is 16.5. The average molecular weight is 451 g/mol. The lowest BCUT2D eigenvalue weighted by Crippen LogP contribution is -2.26. The third kappa shape index (κ3) is 6.04. The Labute approximate surface area is 195 Å². The molecule has 2 aromatic carbocycles. The second-order valence-corrected chi connectivity index (χ2v) is 9.60. The number of hydrogen-bond donors (Lipinski definition) is 1. The molecule has 0 spiro atoms. The molecule has 3 aromatic rings. The molecule has 0 saturated carbocycles. The second-order valence-electron chi connectivity index (χ2n) is 9.60. The SMILES string of the molecule is CCc1cc(C(CC)CCc2cc3cc(C(=O)O)ccc3o2)ccc1OCC(=O)C(C)(C)C. The van der Waals surface area contributed by atoms with Crippen LogP contribution >= 0.6 is 0 Å². The third-order valence-electron chi connectivity index (χ3n) is 6.18. The summed E-state index contributed by atoms with van der Waals surface area (Å²) in [7, 11) is 0. The first kappa shape index (κ1) is 24.6. The number of aryl methyl sites for hydroxylation is 2. The summed E-state index contributed by atoms with van der Waals surface area (Å²) in [5.41, 5.74) is 2.93. The largest absolute Gasteiger partial charge is 0.486 e. The maximum absolute atomic E-state index is 12.2. The van der Waals surface area contributed by atoms with Gasteiger partial charge in [0.1, 0.15) is 23.7 Å². The van der Waals surface area contributed by atoms with Crippen molar-refractivity contribution < 1.29 is 23.8 Å². The third-order valence-corrected chi connectivity index (χ3v) is 6.18. The van der Waals surface area contributed by atoms with Gasteiger partial charge in [-0.15, -0.1) is 0 Å². The summed E-state index contributed by atoms with van der Waals surface area (Å²) in [6.07, 6.45) is 3.53. The number of rotatable bonds is 10. The number of Topliss-reactive ketones (excluding diaryl/α,β-unsaturated/α-hetero) is 1. The first-order chi connectivity index (χ1) is 15.6. The van der Waals surface area contributed by atoms with Crippen LogP contribution < -0.4 is 4.74 Å². The van der Waals surface area contributed by atoms with Crippen molar-refractivity contribution in [2.45, 2.75) is 66.2 Å². The van der Waals surface area contributed by atoms with E-state index in [9.17, 15) is 14.7 Å². The number of hydrogen-bond acceptors (Lipinski definition) is 4. The van der Waals surface area contributed by atoms with Crippen LogP contribution in [-0.2, 0) is 17.6 Å². The van der Waals surface area contributed by atoms with E-state index in [2.05, 4.69) is 26.0 Å². The Balaban J connectivity index is 1.70. The van der Waals surface area contributed by atoms with Crippen molar-refractivity contribution in [1.29, 1.82) is 0 Å². The Kier molecular flexibility index (Phi) is 7.62. The van der Waals surface area contributed by atoms with Crippen molar-refractivity contribution in [2.75, 3.05) is 6.61 Å². The first-order valence-corrected chi connectivity index (χ1v) is 11.7. The lowest BCUT2D eigenvalue weighted by Gasteiger charge is -2.20. The quantitative estimate of drug-likeness (QED) is 0.367. The van der Waals surface area contributed by atoms with Gasteiger partial charge in [-0.2, -0.15) is 0 Å². The van der Waals surface area contributed by atoms with Gasteiger partial charge in [0.15, 0.2) is 5.78 Å². The Hall–Kier alpha value is -3.08. The number of ketones is 1. The Morgan fingerprint density at radius 3 is 2.45 bits per heavy atom. The number of carbonyl (C=O) groups is 2. The molecule has 176 valence electrons. The molecule has 1 aromatic heterocycles. The maximum Gasteiger partial charge on any atom is 0.335 e. The Bertz CT molecular complexity index is 1130. The maximum atomic E-state index is 12.2. The number of carbonyl (C=O) groups excluding carboxylic acids is 1. The summed E-state index contributed by atoms with van der Waals surface area (Å²) in [5.74, 6) is 1.15. The number of ether oxygens (including phenoxy) is 1. The molecule has 3 rings (SSSR count). The van der Waals surface area contributed by atoms with E-state index in [4.69, 9.17) is 9.15 Å². The lowest BCUT2D eigenvalue weighted by molar-refractivity contribution is -0.128. The monoisotopic (exact) mass is 450 g/mol. The molecule has 5 nitrogen and oxygen atoms in total. The number of carboxylic acids is 1. The molecule has 1 atom stereocenters. The van der Waals surface area contributed by atoms with Crippen molar-refractivity contribution in [3.05, 3.63) is 64.9 Å². The zero-order chi connectivity index (χ0) is 24.2. The van der Waals surface area contributed by atoms with E-state index in [0.717, 1.165) is 48.1 Å². The molecule has 1 unspecified atom stereocenters. The van der Waals surface area contributed by atoms with Crippen molar-refractivity contribution >= 4 is 22.7 Å². The summed E-state index contributed by atoms with van der Waals surface area (Å²) >= 11 is 0. The highest BCUT2D eigenvalue weighted by molar-refractivity contribution is 5.93. The van der Waals surface area contributed by atoms with Gasteiger partial charge in [0.25, 0.3) is 0 Å². The molecular weight excluding hydrogens is 416 g/mol. The van der Waals surface area contributed by atoms with Gasteiger partial charge in [0.05, 0.1) is 5.56 Å². The van der Waals surface area contributed by atoms with Crippen LogP contribution in [0.4, 0.5) is 0 Å². The molecule has 0 aliphatic heterocycles. The van der Waals surface area contributed by atoms with E-state index in [1.165, 1.54) is 5.56 Å². The first-order valence-electron chi connectivity index (χ1n) is 11.7. The fourth-order valence-corrected chi connectivity index (χ4v) is 3.91. The van der Waals surface area contributed by atoms with Crippen LogP contribution in [0.5, 0.6) is 5.75 Å². The van der Waals surface area contributed by atoms with Crippen LogP contribution in [0.15, 0.2) is 46.9 Å². The van der Waals surface area contributed by atoms with Crippen LogP contribution in [-0.4, -0.2) is 23.5 Å². The van der Waals surface area contributed by atoms with E-state index < -0.39 is 11.4 Å². The minimum atomic E-state index is -0.937. The summed E-state index contributed by atoms with van der Waals surface area (Å²) in [6, 6.07) is 13.2. The summed E-state index contributed by atoms with van der Waals surface area (Å²) in [4.78, 5) is 23.4. The van der Waals surface area contributed by atoms with E-state index in [0.29, 0.717) is 11.5 Å². The normalized spacial score (nSPS) is 12.6. The van der Waals surface area contributed by atoms with Gasteiger partial charge in [0.2, 0.25) is 0 Å². The molecule has 5 heteroatoms. The minimum Gasteiger partial charge on any atom is -0.486 e. The summed E-state index contributed by atoms with van der Waals surface area (Å²) < 4.78 is 11.8. The van der Waals surface area contributed by atoms with Gasteiger partial charge < -0.3 is 14.3 Å². The van der Waals surface area contributed by atoms with Crippen molar-refractivity contribution in [2.24, 2.45) is 5.41 Å². The van der Waals surface area contributed by atoms with Crippen molar-refractivity contribution in [3.63, 3.8) is 0 Å². The summed E-state index contributed by atoms with van der Waals surface area (Å²) in [6.45, 7) is 10.1. The minimum absolute atomic E-state index is 0.0846. The van der Waals surface area contributed by atoms with E-state index in [1.807, 2.05) is 32.9 Å². The van der Waals surface area contributed by atoms with Crippen LogP contribution in [0.2, 0.25) is 0 Å². The zero-order valence-electron chi connectivity index (χ0n) is 20.2. The smallest absolute Gasteiger partial charge is 0.335 e. The average Bonchev–Trinajstić information content (AvgIpc) is 3.19. The highest BCUT2D eigenvalue weighted by Gasteiger charge is 2.22.